The van der Waals surface area contributed by atoms with Crippen molar-refractivity contribution in [3.05, 3.63) is 35.4 Å². The molecule has 0 radical (unpaired) electrons. The van der Waals surface area contributed by atoms with Crippen LogP contribution in [-0.2, 0) is 25.5 Å². The smallest absolute Gasteiger partial charge is 0.326 e. The number of hydrogen-bond acceptors (Lipinski definition) is 5. The number of fused-ring (bicyclic) bond motifs is 1. The van der Waals surface area contributed by atoms with E-state index in [1.807, 2.05) is 0 Å². The van der Waals surface area contributed by atoms with Gasteiger partial charge in [0.1, 0.15) is 6.54 Å². The fraction of sp³-hybridized carbons (Fsp3) is 0.375. The summed E-state index contributed by atoms with van der Waals surface area (Å²) >= 11 is 0. The van der Waals surface area contributed by atoms with Crippen molar-refractivity contribution in [3.63, 3.8) is 0 Å². The molecule has 1 aromatic carbocycles. The first kappa shape index (κ1) is 16.7. The van der Waals surface area contributed by atoms with E-state index in [0.717, 1.165) is 4.90 Å². The summed E-state index contributed by atoms with van der Waals surface area (Å²) in [5, 5.41) is 0. The van der Waals surface area contributed by atoms with Gasteiger partial charge in [-0.25, -0.2) is 0 Å². The van der Waals surface area contributed by atoms with Crippen LogP contribution in [0.25, 0.3) is 0 Å². The third kappa shape index (κ3) is 3.56. The molecule has 1 atom stereocenters. The normalized spacial score (nSPS) is 15.0. The Balaban J connectivity index is 2.06. The van der Waals surface area contributed by atoms with Gasteiger partial charge < -0.3 is 9.64 Å². The molecule has 0 N–H and O–H groups in total. The maximum Gasteiger partial charge on any atom is 0.326 e. The van der Waals surface area contributed by atoms with Crippen molar-refractivity contribution in [2.45, 2.75) is 19.4 Å². The highest BCUT2D eigenvalue weighted by Gasteiger charge is 2.33. The molecule has 1 aromatic rings. The lowest BCUT2D eigenvalue weighted by Crippen LogP contribution is -2.46. The number of nitrogens with zero attached hydrogens (tertiary/aromatic N) is 2. The molecular formula is C16H18N2O5. The zero-order valence-corrected chi connectivity index (χ0v) is 13.2. The lowest BCUT2D eigenvalue weighted by atomic mass is 9.98. The molecule has 0 saturated heterocycles. The molecular weight excluding hydrogens is 300 g/mol. The summed E-state index contributed by atoms with van der Waals surface area (Å²) in [6, 6.07) is 6.76. The Labute approximate surface area is 133 Å². The van der Waals surface area contributed by atoms with Crippen molar-refractivity contribution < 1.29 is 23.9 Å². The average molecular weight is 318 g/mol. The predicted molar refractivity (Wildman–Crippen MR) is 80.4 cm³/mol. The van der Waals surface area contributed by atoms with Gasteiger partial charge in [-0.2, -0.15) is 0 Å². The van der Waals surface area contributed by atoms with Crippen molar-refractivity contribution in [2.75, 3.05) is 20.6 Å². The Kier molecular flexibility index (Phi) is 4.78. The molecule has 122 valence electrons. The summed E-state index contributed by atoms with van der Waals surface area (Å²) in [5.41, 5.74) is 1.04. The number of carbonyl (C=O) groups excluding carboxylic acids is 4. The van der Waals surface area contributed by atoms with Gasteiger partial charge in [0.25, 0.3) is 11.8 Å². The van der Waals surface area contributed by atoms with E-state index in [2.05, 4.69) is 0 Å². The summed E-state index contributed by atoms with van der Waals surface area (Å²) in [6.07, 6.45) is -0.916. The minimum atomic E-state index is -0.972. The highest BCUT2D eigenvalue weighted by molar-refractivity contribution is 6.11. The quantitative estimate of drug-likeness (QED) is 0.586. The van der Waals surface area contributed by atoms with Crippen LogP contribution in [-0.4, -0.2) is 60.2 Å². The van der Waals surface area contributed by atoms with E-state index in [-0.39, 0.29) is 12.3 Å². The van der Waals surface area contributed by atoms with Gasteiger partial charge in [-0.05, 0) is 18.6 Å². The standard InChI is InChI=1S/C16H18N2O5/c1-10(15(21)17(2)3)23-14(20)9-18-13(19)8-11-6-4-5-7-12(11)16(18)22/h4-7,10H,8-9H2,1-3H3/t10-/m0/s1. The second-order valence-electron chi connectivity index (χ2n) is 5.48. The van der Waals surface area contributed by atoms with E-state index < -0.39 is 30.4 Å². The average Bonchev–Trinajstić information content (AvgIpc) is 2.50. The van der Waals surface area contributed by atoms with E-state index >= 15 is 0 Å². The van der Waals surface area contributed by atoms with Gasteiger partial charge in [0.2, 0.25) is 5.91 Å². The Morgan fingerprint density at radius 3 is 2.57 bits per heavy atom. The van der Waals surface area contributed by atoms with Crippen LogP contribution in [0.5, 0.6) is 0 Å². The fourth-order valence-corrected chi connectivity index (χ4v) is 2.34. The van der Waals surface area contributed by atoms with Crippen molar-refractivity contribution in [2.24, 2.45) is 0 Å². The van der Waals surface area contributed by atoms with Crippen LogP contribution in [0.3, 0.4) is 0 Å². The van der Waals surface area contributed by atoms with E-state index in [1.54, 1.807) is 38.4 Å². The van der Waals surface area contributed by atoms with E-state index in [4.69, 9.17) is 4.74 Å². The number of rotatable bonds is 4. The summed E-state index contributed by atoms with van der Waals surface area (Å²) in [6.45, 7) is 0.937. The van der Waals surface area contributed by atoms with Crippen LogP contribution in [0.2, 0.25) is 0 Å². The molecule has 0 aliphatic carbocycles. The summed E-state index contributed by atoms with van der Waals surface area (Å²) < 4.78 is 4.98. The van der Waals surface area contributed by atoms with Gasteiger partial charge in [0.15, 0.2) is 6.10 Å². The van der Waals surface area contributed by atoms with Gasteiger partial charge in [0.05, 0.1) is 6.42 Å². The first-order valence-corrected chi connectivity index (χ1v) is 7.14. The van der Waals surface area contributed by atoms with Crippen LogP contribution in [0.4, 0.5) is 0 Å². The molecule has 1 aliphatic rings. The summed E-state index contributed by atoms with van der Waals surface area (Å²) in [5.74, 6) is -2.16. The van der Waals surface area contributed by atoms with Crippen LogP contribution in [0.15, 0.2) is 24.3 Å². The second-order valence-corrected chi connectivity index (χ2v) is 5.48. The fourth-order valence-electron chi connectivity index (χ4n) is 2.34. The molecule has 1 aliphatic heterocycles. The molecule has 2 rings (SSSR count). The van der Waals surface area contributed by atoms with E-state index in [9.17, 15) is 19.2 Å². The molecule has 7 heteroatoms. The number of amides is 3. The first-order valence-electron chi connectivity index (χ1n) is 7.14. The monoisotopic (exact) mass is 318 g/mol. The zero-order chi connectivity index (χ0) is 17.1. The lowest BCUT2D eigenvalue weighted by molar-refractivity contribution is -0.159. The molecule has 23 heavy (non-hydrogen) atoms. The van der Waals surface area contributed by atoms with E-state index in [1.165, 1.54) is 11.8 Å². The van der Waals surface area contributed by atoms with Gasteiger partial charge >= 0.3 is 5.97 Å². The Morgan fingerprint density at radius 1 is 1.26 bits per heavy atom. The highest BCUT2D eigenvalue weighted by Crippen LogP contribution is 2.19. The number of esters is 1. The van der Waals surface area contributed by atoms with Crippen LogP contribution < -0.4 is 0 Å². The summed E-state index contributed by atoms with van der Waals surface area (Å²) in [4.78, 5) is 50.1. The summed E-state index contributed by atoms with van der Waals surface area (Å²) in [7, 11) is 3.09. The predicted octanol–water partition coefficient (Wildman–Crippen LogP) is 0.231. The van der Waals surface area contributed by atoms with E-state index in [0.29, 0.717) is 11.1 Å². The Bertz CT molecular complexity index is 668. The second kappa shape index (κ2) is 6.60. The van der Waals surface area contributed by atoms with Gasteiger partial charge in [-0.15, -0.1) is 0 Å². The van der Waals surface area contributed by atoms with Crippen molar-refractivity contribution >= 4 is 23.7 Å². The first-order chi connectivity index (χ1) is 10.8. The molecule has 7 nitrogen and oxygen atoms in total. The van der Waals surface area contributed by atoms with Gasteiger partial charge in [0, 0.05) is 19.7 Å². The number of hydrogen-bond donors (Lipinski definition) is 0. The number of benzene rings is 1. The molecule has 0 fully saturated rings. The molecule has 3 amide bonds. The number of likely N-dealkylation sites (N-methyl/N-ethyl adjacent to an activating group) is 1. The third-order valence-electron chi connectivity index (χ3n) is 3.52. The maximum absolute atomic E-state index is 12.3. The van der Waals surface area contributed by atoms with Crippen LogP contribution in [0.1, 0.15) is 22.8 Å². The molecule has 0 spiro atoms. The zero-order valence-electron chi connectivity index (χ0n) is 13.2. The third-order valence-corrected chi connectivity index (χ3v) is 3.52. The molecule has 0 aromatic heterocycles. The molecule has 0 unspecified atom stereocenters. The highest BCUT2D eigenvalue weighted by atomic mass is 16.5. The molecule has 1 heterocycles. The Morgan fingerprint density at radius 2 is 1.91 bits per heavy atom. The van der Waals surface area contributed by atoms with Gasteiger partial charge in [-0.3, -0.25) is 24.1 Å². The molecule has 0 saturated carbocycles. The van der Waals surface area contributed by atoms with Gasteiger partial charge in [-0.1, -0.05) is 18.2 Å². The minimum Gasteiger partial charge on any atom is -0.451 e. The van der Waals surface area contributed by atoms with Crippen molar-refractivity contribution in [3.8, 4) is 0 Å². The maximum atomic E-state index is 12.3. The van der Waals surface area contributed by atoms with Crippen LogP contribution >= 0.6 is 0 Å². The minimum absolute atomic E-state index is 0.0569. The lowest BCUT2D eigenvalue weighted by Gasteiger charge is -2.26. The van der Waals surface area contributed by atoms with Crippen LogP contribution in [0, 0.1) is 0 Å². The largest absolute Gasteiger partial charge is 0.451 e. The number of imide groups is 1. The SMILES string of the molecule is C[C@H](OC(=O)CN1C(=O)Cc2ccccc2C1=O)C(=O)N(C)C. The number of carbonyl (C=O) groups is 4. The topological polar surface area (TPSA) is 84.0 Å². The van der Waals surface area contributed by atoms with Crippen molar-refractivity contribution in [1.82, 2.24) is 9.80 Å². The Hall–Kier alpha value is -2.70. The number of ether oxygens (including phenoxy) is 1. The van der Waals surface area contributed by atoms with Crippen molar-refractivity contribution in [1.29, 1.82) is 0 Å². The molecule has 0 bridgehead atoms.